The van der Waals surface area contributed by atoms with Gasteiger partial charge in [0.1, 0.15) is 11.7 Å². The maximum Gasteiger partial charge on any atom is 0.257 e. The molecule has 2 aliphatic rings. The summed E-state index contributed by atoms with van der Waals surface area (Å²) in [6, 6.07) is 6.53. The van der Waals surface area contributed by atoms with Crippen molar-refractivity contribution in [2.45, 2.75) is 25.4 Å². The lowest BCUT2D eigenvalue weighted by Gasteiger charge is -2.32. The average Bonchev–Trinajstić information content (AvgIpc) is 3.06. The van der Waals surface area contributed by atoms with Crippen LogP contribution in [0.15, 0.2) is 64.7 Å². The maximum atomic E-state index is 13.0. The van der Waals surface area contributed by atoms with Gasteiger partial charge in [-0.25, -0.2) is 4.39 Å². The monoisotopic (exact) mass is 351 g/mol. The molecule has 0 aromatic carbocycles. The number of nitrogens with one attached hydrogen (secondary N) is 2. The Kier molecular flexibility index (Phi) is 4.12. The number of halogens is 1. The van der Waals surface area contributed by atoms with Crippen LogP contribution in [0.4, 0.5) is 4.39 Å². The molecule has 0 aliphatic carbocycles. The minimum atomic E-state index is -0.368. The van der Waals surface area contributed by atoms with E-state index in [1.54, 1.807) is 18.3 Å². The van der Waals surface area contributed by atoms with Crippen LogP contribution >= 0.6 is 0 Å². The largest absolute Gasteiger partial charge is 0.329 e. The Morgan fingerprint density at radius 1 is 1.38 bits per heavy atom. The highest BCUT2D eigenvalue weighted by Crippen LogP contribution is 2.29. The molecule has 0 radical (unpaired) electrons. The molecule has 1 unspecified atom stereocenters. The summed E-state index contributed by atoms with van der Waals surface area (Å²) in [7, 11) is 0. The number of amidine groups is 1. The molecule has 2 N–H and O–H groups in total. The van der Waals surface area contributed by atoms with Gasteiger partial charge in [-0.1, -0.05) is 12.2 Å². The Morgan fingerprint density at radius 3 is 3.04 bits per heavy atom. The fraction of sp³-hybridized carbons (Fsp3) is 0.211. The second kappa shape index (κ2) is 6.59. The van der Waals surface area contributed by atoms with Crippen molar-refractivity contribution < 1.29 is 4.39 Å². The summed E-state index contributed by atoms with van der Waals surface area (Å²) in [5, 5.41) is 1.95. The van der Waals surface area contributed by atoms with E-state index in [0.29, 0.717) is 17.1 Å². The van der Waals surface area contributed by atoms with E-state index in [1.807, 2.05) is 30.2 Å². The number of rotatable bonds is 3. The SMILES string of the molecule is C[C@H](N=C1C=CC2CC=C(c3ccc[nH]c3=O)N2N1)c1ccc(F)cn1. The standard InChI is InChI=1S/C19H18FN5O/c1-12(16-7-4-13(20)11-22-16)23-18-9-6-14-5-8-17(25(14)24-18)15-3-2-10-21-19(15)26/h2-4,6-12,14H,5H2,1H3,(H,21,26)(H,23,24)/t12-,14?/m0/s1. The molecule has 0 saturated carbocycles. The third kappa shape index (κ3) is 3.03. The van der Waals surface area contributed by atoms with Gasteiger partial charge < -0.3 is 4.98 Å². The Bertz CT molecular complexity index is 960. The Labute approximate surface area is 149 Å². The van der Waals surface area contributed by atoms with Crippen molar-refractivity contribution in [3.63, 3.8) is 0 Å². The van der Waals surface area contributed by atoms with Crippen LogP contribution in [0.2, 0.25) is 0 Å². The number of aliphatic imine (C=N–C) groups is 1. The molecule has 6 nitrogen and oxygen atoms in total. The highest BCUT2D eigenvalue weighted by Gasteiger charge is 2.29. The highest BCUT2D eigenvalue weighted by atomic mass is 19.1. The average molecular weight is 351 g/mol. The second-order valence-corrected chi connectivity index (χ2v) is 6.24. The Balaban J connectivity index is 1.58. The molecule has 2 aromatic rings. The van der Waals surface area contributed by atoms with Crippen LogP contribution in [0.1, 0.15) is 30.6 Å². The number of nitrogens with zero attached hydrogens (tertiary/aromatic N) is 3. The smallest absolute Gasteiger partial charge is 0.257 e. The van der Waals surface area contributed by atoms with E-state index >= 15 is 0 Å². The first-order valence-corrected chi connectivity index (χ1v) is 8.43. The molecule has 7 heteroatoms. The molecule has 4 rings (SSSR count). The first-order chi connectivity index (χ1) is 12.6. The number of aromatic amines is 1. The van der Waals surface area contributed by atoms with Crippen molar-refractivity contribution in [2.24, 2.45) is 4.99 Å². The number of aromatic nitrogens is 2. The molecular formula is C19H18FN5O. The number of hydrazine groups is 1. The van der Waals surface area contributed by atoms with Gasteiger partial charge in [0, 0.05) is 6.20 Å². The Morgan fingerprint density at radius 2 is 2.27 bits per heavy atom. The number of hydrogen-bond acceptors (Lipinski definition) is 4. The summed E-state index contributed by atoms with van der Waals surface area (Å²) >= 11 is 0. The number of fused-ring (bicyclic) bond motifs is 1. The number of pyridine rings is 2. The van der Waals surface area contributed by atoms with E-state index in [1.165, 1.54) is 12.3 Å². The van der Waals surface area contributed by atoms with Crippen molar-refractivity contribution >= 4 is 11.5 Å². The molecular weight excluding hydrogens is 333 g/mol. The van der Waals surface area contributed by atoms with E-state index in [2.05, 4.69) is 26.5 Å². The lowest BCUT2D eigenvalue weighted by molar-refractivity contribution is 0.313. The zero-order valence-corrected chi connectivity index (χ0v) is 14.2. The zero-order valence-electron chi connectivity index (χ0n) is 14.2. The van der Waals surface area contributed by atoms with Gasteiger partial charge in [0.25, 0.3) is 5.56 Å². The minimum absolute atomic E-state index is 0.127. The van der Waals surface area contributed by atoms with Crippen molar-refractivity contribution in [3.05, 3.63) is 82.3 Å². The molecule has 26 heavy (non-hydrogen) atoms. The fourth-order valence-corrected chi connectivity index (χ4v) is 3.13. The van der Waals surface area contributed by atoms with Crippen LogP contribution in [-0.4, -0.2) is 26.9 Å². The fourth-order valence-electron chi connectivity index (χ4n) is 3.13. The van der Waals surface area contributed by atoms with Crippen LogP contribution in [0.25, 0.3) is 5.70 Å². The van der Waals surface area contributed by atoms with Crippen LogP contribution in [0.5, 0.6) is 0 Å². The van der Waals surface area contributed by atoms with E-state index in [9.17, 15) is 9.18 Å². The predicted molar refractivity (Wildman–Crippen MR) is 97.6 cm³/mol. The first-order valence-electron chi connectivity index (χ1n) is 8.43. The molecule has 2 atom stereocenters. The van der Waals surface area contributed by atoms with Crippen molar-refractivity contribution in [1.82, 2.24) is 20.4 Å². The lowest BCUT2D eigenvalue weighted by atomic mass is 10.2. The van der Waals surface area contributed by atoms with E-state index in [-0.39, 0.29) is 23.5 Å². The van der Waals surface area contributed by atoms with Gasteiger partial charge >= 0.3 is 0 Å². The van der Waals surface area contributed by atoms with Gasteiger partial charge in [-0.2, -0.15) is 0 Å². The third-order valence-electron chi connectivity index (χ3n) is 4.46. The van der Waals surface area contributed by atoms with Crippen molar-refractivity contribution in [1.29, 1.82) is 0 Å². The lowest BCUT2D eigenvalue weighted by Crippen LogP contribution is -2.47. The van der Waals surface area contributed by atoms with Gasteiger partial charge in [0.2, 0.25) is 0 Å². The molecule has 4 heterocycles. The van der Waals surface area contributed by atoms with Crippen LogP contribution in [0, 0.1) is 5.82 Å². The quantitative estimate of drug-likeness (QED) is 0.891. The summed E-state index contributed by atoms with van der Waals surface area (Å²) in [4.78, 5) is 23.5. The van der Waals surface area contributed by atoms with Crippen molar-refractivity contribution in [2.75, 3.05) is 0 Å². The van der Waals surface area contributed by atoms with E-state index in [0.717, 1.165) is 12.1 Å². The highest BCUT2D eigenvalue weighted by molar-refractivity contribution is 5.94. The summed E-state index contributed by atoms with van der Waals surface area (Å²) in [5.41, 5.74) is 5.29. The summed E-state index contributed by atoms with van der Waals surface area (Å²) in [5.74, 6) is 0.298. The predicted octanol–water partition coefficient (Wildman–Crippen LogP) is 2.56. The number of H-pyrrole nitrogens is 1. The molecule has 0 amide bonds. The van der Waals surface area contributed by atoms with Crippen LogP contribution < -0.4 is 11.0 Å². The first kappa shape index (κ1) is 16.3. The zero-order chi connectivity index (χ0) is 18.1. The van der Waals surface area contributed by atoms with Crippen LogP contribution in [-0.2, 0) is 0 Å². The second-order valence-electron chi connectivity index (χ2n) is 6.24. The Hall–Kier alpha value is -3.22. The maximum absolute atomic E-state index is 13.0. The van der Waals surface area contributed by atoms with Gasteiger partial charge in [0.15, 0.2) is 0 Å². The van der Waals surface area contributed by atoms with Gasteiger partial charge in [-0.3, -0.25) is 25.2 Å². The molecule has 0 fully saturated rings. The molecule has 2 aliphatic heterocycles. The minimum Gasteiger partial charge on any atom is -0.329 e. The van der Waals surface area contributed by atoms with Gasteiger partial charge in [-0.15, -0.1) is 0 Å². The molecule has 0 saturated heterocycles. The summed E-state index contributed by atoms with van der Waals surface area (Å²) < 4.78 is 13.0. The molecule has 2 aromatic heterocycles. The van der Waals surface area contributed by atoms with E-state index < -0.39 is 0 Å². The molecule has 132 valence electrons. The van der Waals surface area contributed by atoms with Crippen molar-refractivity contribution in [3.8, 4) is 0 Å². The molecule has 0 bridgehead atoms. The van der Waals surface area contributed by atoms with Crippen LogP contribution in [0.3, 0.4) is 0 Å². The number of hydrogen-bond donors (Lipinski definition) is 2. The van der Waals surface area contributed by atoms with E-state index in [4.69, 9.17) is 0 Å². The normalized spacial score (nSPS) is 21.3. The summed E-state index contributed by atoms with van der Waals surface area (Å²) in [6.07, 6.45) is 9.64. The van der Waals surface area contributed by atoms with Gasteiger partial charge in [0.05, 0.1) is 35.2 Å². The topological polar surface area (TPSA) is 73.4 Å². The summed E-state index contributed by atoms with van der Waals surface area (Å²) in [6.45, 7) is 1.90. The third-order valence-corrected chi connectivity index (χ3v) is 4.46. The molecule has 0 spiro atoms. The van der Waals surface area contributed by atoms with Gasteiger partial charge in [-0.05, 0) is 43.7 Å².